The first-order chi connectivity index (χ1) is 11.6. The molecular formula is C15H38N2O5S2Si. The van der Waals surface area contributed by atoms with Crippen LogP contribution in [-0.4, -0.2) is 51.4 Å². The fraction of sp³-hybridized carbons (Fsp3) is 0.600. The molecule has 0 atom stereocenters. The maximum atomic E-state index is 7.56. The van der Waals surface area contributed by atoms with E-state index in [-0.39, 0.29) is 0 Å². The zero-order valence-corrected chi connectivity index (χ0v) is 19.4. The van der Waals surface area contributed by atoms with Crippen LogP contribution >= 0.6 is 24.4 Å². The summed E-state index contributed by atoms with van der Waals surface area (Å²) in [6.45, 7) is 14.9. The highest BCUT2D eigenvalue weighted by Crippen LogP contribution is 1.81. The fourth-order valence-corrected chi connectivity index (χ4v) is 0.866. The number of hydrogen-bond acceptors (Lipinski definition) is 5. The monoisotopic (exact) mass is 418 g/mol. The van der Waals surface area contributed by atoms with E-state index in [1.54, 1.807) is 33.5 Å². The Labute approximate surface area is 166 Å². The Hall–Kier alpha value is -1.04. The molecule has 0 fully saturated rings. The lowest BCUT2D eigenvalue weighted by atomic mass is 10.4. The van der Waals surface area contributed by atoms with Crippen molar-refractivity contribution >= 4 is 44.3 Å². The van der Waals surface area contributed by atoms with E-state index in [1.165, 1.54) is 12.8 Å². The first-order valence-electron chi connectivity index (χ1n) is 7.25. The van der Waals surface area contributed by atoms with Gasteiger partial charge in [0.1, 0.15) is 0 Å². The first kappa shape index (κ1) is 39.2. The second kappa shape index (κ2) is 49.5. The molecular weight excluding hydrogens is 380 g/mol. The lowest BCUT2D eigenvalue weighted by Gasteiger charge is -2.05. The molecule has 6 N–H and O–H groups in total. The molecule has 0 unspecified atom stereocenters. The van der Waals surface area contributed by atoms with Crippen molar-refractivity contribution in [2.45, 2.75) is 40.5 Å². The van der Waals surface area contributed by atoms with Crippen LogP contribution in [0.25, 0.3) is 0 Å². The van der Waals surface area contributed by atoms with Crippen LogP contribution in [0.15, 0.2) is 25.3 Å². The van der Waals surface area contributed by atoms with Crippen LogP contribution in [0.2, 0.25) is 0 Å². The summed E-state index contributed by atoms with van der Waals surface area (Å²) in [4.78, 5) is 0. The van der Waals surface area contributed by atoms with E-state index >= 15 is 0 Å². The predicted molar refractivity (Wildman–Crippen MR) is 119 cm³/mol. The van der Waals surface area contributed by atoms with Crippen LogP contribution < -0.4 is 11.5 Å². The molecule has 0 radical (unpaired) electrons. The van der Waals surface area contributed by atoms with Crippen molar-refractivity contribution < 1.29 is 23.5 Å². The number of aliphatic hydroxyl groups is 2. The van der Waals surface area contributed by atoms with Gasteiger partial charge in [0.25, 0.3) is 10.3 Å². The van der Waals surface area contributed by atoms with Crippen molar-refractivity contribution in [3.8, 4) is 0 Å². The maximum Gasteiger partial charge on any atom is 0.483 e. The first-order valence-corrected chi connectivity index (χ1v) is 9.48. The van der Waals surface area contributed by atoms with E-state index in [0.717, 1.165) is 0 Å². The molecule has 0 saturated carbocycles. The minimum Gasteiger partial charge on any atom is -0.487 e. The average molecular weight is 419 g/mol. The van der Waals surface area contributed by atoms with E-state index < -0.39 is 19.9 Å². The van der Waals surface area contributed by atoms with Crippen molar-refractivity contribution in [2.75, 3.05) is 21.3 Å². The molecule has 154 valence electrons. The third-order valence-corrected chi connectivity index (χ3v) is 2.23. The van der Waals surface area contributed by atoms with Gasteiger partial charge in [0.2, 0.25) is 0 Å². The van der Waals surface area contributed by atoms with Gasteiger partial charge in [-0.2, -0.15) is 0 Å². The summed E-state index contributed by atoms with van der Waals surface area (Å²) < 4.78 is 14.2. The summed E-state index contributed by atoms with van der Waals surface area (Å²) in [6.07, 6.45) is 6.14. The van der Waals surface area contributed by atoms with Crippen molar-refractivity contribution in [1.29, 1.82) is 0 Å². The van der Waals surface area contributed by atoms with Crippen molar-refractivity contribution in [1.82, 2.24) is 0 Å². The number of nitrogens with two attached hydrogens (primary N) is 2. The molecule has 0 aromatic rings. The van der Waals surface area contributed by atoms with Crippen LogP contribution in [0, 0.1) is 0 Å². The van der Waals surface area contributed by atoms with Gasteiger partial charge in [-0.3, -0.25) is 0 Å². The highest BCUT2D eigenvalue weighted by atomic mass is 32.1. The molecule has 10 heteroatoms. The third-order valence-electron chi connectivity index (χ3n) is 1.08. The standard InChI is InChI=1S/C4H10.C3H10O3Si.2C3H6.2CH3NOS/c1-3-4-2;1-4-7(5-2)6-3;2*1-3-2;2*2-1(3)4/h3-4H2,1-2H3;7H,1-3H3;2*3H,1H2,2H3;2*(H3,2,3,4). The van der Waals surface area contributed by atoms with Crippen LogP contribution in [0.5, 0.6) is 0 Å². The van der Waals surface area contributed by atoms with E-state index in [9.17, 15) is 0 Å². The van der Waals surface area contributed by atoms with Gasteiger partial charge in [0.15, 0.2) is 0 Å². The zero-order valence-electron chi connectivity index (χ0n) is 16.7. The number of hydrogen-bond donors (Lipinski definition) is 4. The van der Waals surface area contributed by atoms with Crippen molar-refractivity contribution in [3.05, 3.63) is 25.3 Å². The van der Waals surface area contributed by atoms with Gasteiger partial charge in [-0.1, -0.05) is 38.8 Å². The molecule has 0 saturated heterocycles. The summed E-state index contributed by atoms with van der Waals surface area (Å²) in [5.74, 6) is 0. The molecule has 0 spiro atoms. The predicted octanol–water partition coefficient (Wildman–Crippen LogP) is 3.41. The van der Waals surface area contributed by atoms with E-state index in [1.807, 2.05) is 13.8 Å². The van der Waals surface area contributed by atoms with Gasteiger partial charge in [0.05, 0.1) is 0 Å². The zero-order chi connectivity index (χ0) is 21.7. The Morgan fingerprint density at radius 1 is 0.880 bits per heavy atom. The third kappa shape index (κ3) is 284. The van der Waals surface area contributed by atoms with Crippen LogP contribution in [0.3, 0.4) is 0 Å². The quantitative estimate of drug-likeness (QED) is 0.309. The molecule has 0 aromatic carbocycles. The van der Waals surface area contributed by atoms with Crippen LogP contribution in [0.1, 0.15) is 40.5 Å². The summed E-state index contributed by atoms with van der Waals surface area (Å²) in [6, 6.07) is 0. The van der Waals surface area contributed by atoms with Crippen LogP contribution in [-0.2, 0) is 13.3 Å². The minimum atomic E-state index is -1.67. The summed E-state index contributed by atoms with van der Waals surface area (Å²) in [5.41, 5.74) is 8.80. The normalized spacial score (nSPS) is 7.04. The Bertz CT molecular complexity index is 237. The molecule has 0 aliphatic carbocycles. The Balaban J connectivity index is -0.0000000448. The molecule has 0 aliphatic rings. The number of rotatable bonds is 4. The summed E-state index contributed by atoms with van der Waals surface area (Å²) >= 11 is 7.74. The van der Waals surface area contributed by atoms with Gasteiger partial charge >= 0.3 is 9.53 Å². The Morgan fingerprint density at radius 3 is 1.00 bits per heavy atom. The largest absolute Gasteiger partial charge is 0.487 e. The topological polar surface area (TPSA) is 120 Å². The van der Waals surface area contributed by atoms with Gasteiger partial charge < -0.3 is 35.0 Å². The molecule has 0 aliphatic heterocycles. The number of aliphatic hydroxyl groups excluding tert-OH is 2. The lowest BCUT2D eigenvalue weighted by Crippen LogP contribution is -2.21. The highest BCUT2D eigenvalue weighted by Gasteiger charge is 2.04. The molecule has 7 nitrogen and oxygen atoms in total. The smallest absolute Gasteiger partial charge is 0.483 e. The Morgan fingerprint density at radius 2 is 1.00 bits per heavy atom. The van der Waals surface area contributed by atoms with Gasteiger partial charge in [-0.25, -0.2) is 0 Å². The van der Waals surface area contributed by atoms with E-state index in [4.69, 9.17) is 23.5 Å². The highest BCUT2D eigenvalue weighted by molar-refractivity contribution is 7.80. The maximum absolute atomic E-state index is 7.56. The van der Waals surface area contributed by atoms with Crippen molar-refractivity contribution in [3.63, 3.8) is 0 Å². The van der Waals surface area contributed by atoms with Crippen molar-refractivity contribution in [2.24, 2.45) is 11.5 Å². The molecule has 0 aromatic heterocycles. The second-order valence-electron chi connectivity index (χ2n) is 3.49. The fourth-order valence-electron chi connectivity index (χ4n) is 0.289. The number of unbranched alkanes of at least 4 members (excludes halogenated alkanes) is 1. The second-order valence-corrected chi connectivity index (χ2v) is 6.32. The van der Waals surface area contributed by atoms with Gasteiger partial charge in [-0.05, 0) is 38.3 Å². The molecule has 0 bridgehead atoms. The average Bonchev–Trinajstić information content (AvgIpc) is 2.50. The van der Waals surface area contributed by atoms with Gasteiger partial charge in [-0.15, -0.1) is 13.2 Å². The Kier molecular flexibility index (Phi) is 77.5. The summed E-state index contributed by atoms with van der Waals surface area (Å²) in [5, 5.41) is 14.1. The van der Waals surface area contributed by atoms with E-state index in [0.29, 0.717) is 0 Å². The van der Waals surface area contributed by atoms with Crippen LogP contribution in [0.4, 0.5) is 0 Å². The lowest BCUT2D eigenvalue weighted by molar-refractivity contribution is 0.163. The molecule has 25 heavy (non-hydrogen) atoms. The molecule has 0 rings (SSSR count). The SMILES string of the molecule is C=CC.C=CC.CCCC.CO[SiH](OC)OC.NC(O)=S.NC(O)=S. The molecule has 0 heterocycles. The summed E-state index contributed by atoms with van der Waals surface area (Å²) in [7, 11) is 3.05. The number of thiocarbonyl (C=S) groups is 2. The van der Waals surface area contributed by atoms with E-state index in [2.05, 4.69) is 62.9 Å². The minimum absolute atomic E-state index is 0.500. The number of allylic oxidation sites excluding steroid dienone is 2. The van der Waals surface area contributed by atoms with Gasteiger partial charge in [0, 0.05) is 21.3 Å². The molecule has 0 amide bonds.